The summed E-state index contributed by atoms with van der Waals surface area (Å²) in [4.78, 5) is 25.4. The van der Waals surface area contributed by atoms with Crippen LogP contribution in [0.2, 0.25) is 0 Å². The number of amides is 2. The maximum absolute atomic E-state index is 11.9. The molecule has 1 N–H and O–H groups in total. The standard InChI is InChI=1S/C16H22N2O3/c1-12(19)18-11-7-6-10-14(18)15(17-16(20)21-2)13-8-4-3-5-9-13/h3-5,8-9,14-15H,6-7,10-11H2,1-2H3,(H,17,20). The Balaban J connectivity index is 2.28. The van der Waals surface area contributed by atoms with Crippen LogP contribution in [0.5, 0.6) is 0 Å². The number of methoxy groups -OCH3 is 1. The molecule has 0 saturated carbocycles. The molecule has 0 bridgehead atoms. The molecule has 2 unspecified atom stereocenters. The van der Waals surface area contributed by atoms with Crippen LogP contribution in [0.3, 0.4) is 0 Å². The topological polar surface area (TPSA) is 58.6 Å². The third kappa shape index (κ3) is 3.74. The van der Waals surface area contributed by atoms with E-state index in [1.165, 1.54) is 7.11 Å². The zero-order valence-corrected chi connectivity index (χ0v) is 12.5. The molecule has 1 aromatic carbocycles. The van der Waals surface area contributed by atoms with Crippen molar-refractivity contribution in [3.05, 3.63) is 35.9 Å². The fourth-order valence-corrected chi connectivity index (χ4v) is 2.94. The second-order valence-electron chi connectivity index (χ2n) is 5.30. The van der Waals surface area contributed by atoms with E-state index < -0.39 is 6.09 Å². The van der Waals surface area contributed by atoms with Crippen LogP contribution in [0.4, 0.5) is 4.79 Å². The molecule has 0 aliphatic carbocycles. The minimum Gasteiger partial charge on any atom is -0.453 e. The number of piperidine rings is 1. The zero-order chi connectivity index (χ0) is 15.2. The Bertz CT molecular complexity index is 490. The highest BCUT2D eigenvalue weighted by molar-refractivity contribution is 5.74. The molecule has 114 valence electrons. The average molecular weight is 290 g/mol. The van der Waals surface area contributed by atoms with Crippen molar-refractivity contribution in [2.24, 2.45) is 0 Å². The summed E-state index contributed by atoms with van der Waals surface area (Å²) in [7, 11) is 1.35. The Labute approximate surface area is 125 Å². The number of rotatable bonds is 3. The number of benzene rings is 1. The van der Waals surface area contributed by atoms with Gasteiger partial charge < -0.3 is 15.0 Å². The van der Waals surface area contributed by atoms with Crippen molar-refractivity contribution in [3.63, 3.8) is 0 Å². The maximum Gasteiger partial charge on any atom is 0.407 e. The first-order chi connectivity index (χ1) is 10.1. The molecule has 2 amide bonds. The van der Waals surface area contributed by atoms with Crippen LogP contribution in [0.25, 0.3) is 0 Å². The molecule has 1 saturated heterocycles. The van der Waals surface area contributed by atoms with E-state index in [1.54, 1.807) is 6.92 Å². The van der Waals surface area contributed by atoms with Gasteiger partial charge in [0.2, 0.25) is 5.91 Å². The monoisotopic (exact) mass is 290 g/mol. The van der Waals surface area contributed by atoms with Crippen LogP contribution in [0.15, 0.2) is 30.3 Å². The largest absolute Gasteiger partial charge is 0.453 e. The summed E-state index contributed by atoms with van der Waals surface area (Å²) in [5.74, 6) is 0.0484. The third-order valence-electron chi connectivity index (χ3n) is 3.96. The molecular weight excluding hydrogens is 268 g/mol. The molecule has 0 aromatic heterocycles. The summed E-state index contributed by atoms with van der Waals surface area (Å²) in [6.45, 7) is 2.32. The average Bonchev–Trinajstić information content (AvgIpc) is 2.53. The number of nitrogens with one attached hydrogen (secondary N) is 1. The highest BCUT2D eigenvalue weighted by Gasteiger charge is 2.33. The van der Waals surface area contributed by atoms with Gasteiger partial charge in [0.1, 0.15) is 0 Å². The van der Waals surface area contributed by atoms with Gasteiger partial charge in [-0.1, -0.05) is 30.3 Å². The van der Waals surface area contributed by atoms with Gasteiger partial charge in [-0.05, 0) is 24.8 Å². The first-order valence-electron chi connectivity index (χ1n) is 7.30. The molecule has 2 rings (SSSR count). The molecule has 1 aliphatic rings. The number of hydrogen-bond acceptors (Lipinski definition) is 3. The maximum atomic E-state index is 11.9. The highest BCUT2D eigenvalue weighted by atomic mass is 16.5. The predicted octanol–water partition coefficient (Wildman–Crippen LogP) is 2.48. The number of alkyl carbamates (subject to hydrolysis) is 1. The summed E-state index contributed by atoms with van der Waals surface area (Å²) in [5, 5.41) is 2.88. The fourth-order valence-electron chi connectivity index (χ4n) is 2.94. The smallest absolute Gasteiger partial charge is 0.407 e. The quantitative estimate of drug-likeness (QED) is 0.930. The lowest BCUT2D eigenvalue weighted by molar-refractivity contribution is -0.133. The fraction of sp³-hybridized carbons (Fsp3) is 0.500. The lowest BCUT2D eigenvalue weighted by atomic mass is 9.91. The van der Waals surface area contributed by atoms with Gasteiger partial charge in [0.05, 0.1) is 19.2 Å². The number of nitrogens with zero attached hydrogens (tertiary/aromatic N) is 1. The molecule has 1 aliphatic heterocycles. The van der Waals surface area contributed by atoms with Crippen molar-refractivity contribution >= 4 is 12.0 Å². The van der Waals surface area contributed by atoms with Gasteiger partial charge in [0, 0.05) is 13.5 Å². The molecule has 5 nitrogen and oxygen atoms in total. The van der Waals surface area contributed by atoms with Gasteiger partial charge in [-0.3, -0.25) is 4.79 Å². The molecule has 1 heterocycles. The van der Waals surface area contributed by atoms with Crippen LogP contribution >= 0.6 is 0 Å². The van der Waals surface area contributed by atoms with Crippen LogP contribution in [-0.4, -0.2) is 36.6 Å². The van der Waals surface area contributed by atoms with Crippen LogP contribution in [-0.2, 0) is 9.53 Å². The van der Waals surface area contributed by atoms with E-state index in [9.17, 15) is 9.59 Å². The van der Waals surface area contributed by atoms with Crippen LogP contribution in [0.1, 0.15) is 37.8 Å². The van der Waals surface area contributed by atoms with E-state index in [-0.39, 0.29) is 18.0 Å². The van der Waals surface area contributed by atoms with Crippen molar-refractivity contribution in [1.82, 2.24) is 10.2 Å². The van der Waals surface area contributed by atoms with Gasteiger partial charge in [0.25, 0.3) is 0 Å². The molecule has 1 fully saturated rings. The van der Waals surface area contributed by atoms with Crippen molar-refractivity contribution in [2.75, 3.05) is 13.7 Å². The lowest BCUT2D eigenvalue weighted by Gasteiger charge is -2.40. The Morgan fingerprint density at radius 1 is 1.29 bits per heavy atom. The number of carbonyl (C=O) groups excluding carboxylic acids is 2. The SMILES string of the molecule is COC(=O)NC(c1ccccc1)C1CCCCN1C(C)=O. The van der Waals surface area contributed by atoms with E-state index in [0.29, 0.717) is 0 Å². The summed E-state index contributed by atoms with van der Waals surface area (Å²) in [6, 6.07) is 9.45. The Morgan fingerprint density at radius 3 is 2.62 bits per heavy atom. The molecular formula is C16H22N2O3. The highest BCUT2D eigenvalue weighted by Crippen LogP contribution is 2.29. The van der Waals surface area contributed by atoms with Crippen molar-refractivity contribution in [2.45, 2.75) is 38.3 Å². The number of likely N-dealkylation sites (tertiary alicyclic amines) is 1. The molecule has 2 atom stereocenters. The van der Waals surface area contributed by atoms with E-state index >= 15 is 0 Å². The number of carbonyl (C=O) groups is 2. The number of ether oxygens (including phenoxy) is 1. The third-order valence-corrected chi connectivity index (χ3v) is 3.96. The van der Waals surface area contributed by atoms with Crippen molar-refractivity contribution in [1.29, 1.82) is 0 Å². The van der Waals surface area contributed by atoms with E-state index in [1.807, 2.05) is 35.2 Å². The van der Waals surface area contributed by atoms with Gasteiger partial charge in [0.15, 0.2) is 0 Å². The first-order valence-corrected chi connectivity index (χ1v) is 7.30. The second kappa shape index (κ2) is 7.11. The minimum atomic E-state index is -0.474. The van der Waals surface area contributed by atoms with Crippen LogP contribution < -0.4 is 5.32 Å². The molecule has 0 radical (unpaired) electrons. The molecule has 5 heteroatoms. The summed E-state index contributed by atoms with van der Waals surface area (Å²) >= 11 is 0. The van der Waals surface area contributed by atoms with Gasteiger partial charge in [-0.15, -0.1) is 0 Å². The lowest BCUT2D eigenvalue weighted by Crippen LogP contribution is -2.50. The second-order valence-corrected chi connectivity index (χ2v) is 5.30. The minimum absolute atomic E-state index is 0.0299. The Kier molecular flexibility index (Phi) is 5.20. The van der Waals surface area contributed by atoms with E-state index in [0.717, 1.165) is 31.4 Å². The Hall–Kier alpha value is -2.04. The van der Waals surface area contributed by atoms with Gasteiger partial charge in [-0.25, -0.2) is 4.79 Å². The predicted molar refractivity (Wildman–Crippen MR) is 79.7 cm³/mol. The molecule has 0 spiro atoms. The van der Waals surface area contributed by atoms with Gasteiger partial charge in [-0.2, -0.15) is 0 Å². The summed E-state index contributed by atoms with van der Waals surface area (Å²) < 4.78 is 4.74. The zero-order valence-electron chi connectivity index (χ0n) is 12.5. The Morgan fingerprint density at radius 2 is 2.00 bits per heavy atom. The summed E-state index contributed by atoms with van der Waals surface area (Å²) in [5.41, 5.74) is 0.987. The number of hydrogen-bond donors (Lipinski definition) is 1. The molecule has 1 aromatic rings. The first kappa shape index (κ1) is 15.4. The summed E-state index contributed by atoms with van der Waals surface area (Å²) in [6.07, 6.45) is 2.47. The van der Waals surface area contributed by atoms with Crippen molar-refractivity contribution < 1.29 is 14.3 Å². The van der Waals surface area contributed by atoms with Gasteiger partial charge >= 0.3 is 6.09 Å². The van der Waals surface area contributed by atoms with Crippen LogP contribution in [0, 0.1) is 0 Å². The normalized spacial score (nSPS) is 19.7. The van der Waals surface area contributed by atoms with E-state index in [2.05, 4.69) is 5.32 Å². The van der Waals surface area contributed by atoms with E-state index in [4.69, 9.17) is 4.74 Å². The van der Waals surface area contributed by atoms with Crippen molar-refractivity contribution in [3.8, 4) is 0 Å². The molecule has 21 heavy (non-hydrogen) atoms.